The third kappa shape index (κ3) is 10.2. The van der Waals surface area contributed by atoms with Gasteiger partial charge in [-0.25, -0.2) is 16.8 Å². The summed E-state index contributed by atoms with van der Waals surface area (Å²) in [5.41, 5.74) is 9.88. The highest BCUT2D eigenvalue weighted by Gasteiger charge is 2.27. The summed E-state index contributed by atoms with van der Waals surface area (Å²) in [6.07, 6.45) is 14.4. The summed E-state index contributed by atoms with van der Waals surface area (Å²) >= 11 is 0. The molecule has 0 saturated carbocycles. The molecule has 2 heterocycles. The van der Waals surface area contributed by atoms with Crippen molar-refractivity contribution in [3.63, 3.8) is 0 Å². The highest BCUT2D eigenvalue weighted by Crippen LogP contribution is 2.42. The van der Waals surface area contributed by atoms with Gasteiger partial charge >= 0.3 is 0 Å². The molecule has 0 radical (unpaired) electrons. The van der Waals surface area contributed by atoms with Crippen molar-refractivity contribution in [2.24, 2.45) is 0 Å². The Morgan fingerprint density at radius 1 is 0.667 bits per heavy atom. The number of allylic oxidation sites excluding steroid dienone is 6. The summed E-state index contributed by atoms with van der Waals surface area (Å²) in [4.78, 5) is 4.34. The van der Waals surface area contributed by atoms with Gasteiger partial charge in [0.15, 0.2) is 6.54 Å². The lowest BCUT2D eigenvalue weighted by Gasteiger charge is -2.31. The van der Waals surface area contributed by atoms with E-state index in [1.54, 1.807) is 0 Å². The number of quaternary nitrogens is 1. The van der Waals surface area contributed by atoms with Crippen LogP contribution in [0.5, 0.6) is 0 Å². The van der Waals surface area contributed by atoms with E-state index in [1.807, 2.05) is 109 Å². The van der Waals surface area contributed by atoms with E-state index < -0.39 is 31.7 Å². The average Bonchev–Trinajstić information content (AvgIpc) is 3.58. The van der Waals surface area contributed by atoms with E-state index in [-0.39, 0.29) is 19.0 Å². The van der Waals surface area contributed by atoms with Gasteiger partial charge in [0.2, 0.25) is 11.2 Å². The van der Waals surface area contributed by atoms with Crippen LogP contribution in [0.15, 0.2) is 168 Å². The second kappa shape index (κ2) is 18.1. The van der Waals surface area contributed by atoms with Crippen molar-refractivity contribution >= 4 is 60.4 Å². The second-order valence-electron chi connectivity index (χ2n) is 13.7. The zero-order chi connectivity index (χ0) is 39.1. The zero-order valence-electron chi connectivity index (χ0n) is 31.8. The number of rotatable bonds is 14. The van der Waals surface area contributed by atoms with Crippen molar-refractivity contribution in [2.45, 2.75) is 32.2 Å². The molecule has 12 heteroatoms. The molecule has 2 aliphatic rings. The number of nitrogens with zero attached hydrogens (tertiary/aromatic N) is 3. The van der Waals surface area contributed by atoms with Crippen LogP contribution < -0.4 is 20.5 Å². The molecule has 57 heavy (non-hydrogen) atoms. The SMILES string of the molecule is O=S(=O)([O-])CCCN1/C(=C/C=C2\CCC(/C=C/c3ccc4ccccc4[n+]3CCCS(=O)(=O)[O-])=C2N(c2ccccc2)c2ccccc2)C=Cc2ccccc21.[NH4+]. The van der Waals surface area contributed by atoms with Gasteiger partial charge in [0.05, 0.1) is 25.9 Å². The van der Waals surface area contributed by atoms with E-state index in [4.69, 9.17) is 0 Å². The molecule has 0 fully saturated rings. The van der Waals surface area contributed by atoms with Gasteiger partial charge in [0, 0.05) is 70.8 Å². The summed E-state index contributed by atoms with van der Waals surface area (Å²) in [6.45, 7) is 0.725. The Hall–Kier alpha value is -5.63. The van der Waals surface area contributed by atoms with Crippen molar-refractivity contribution < 1.29 is 30.5 Å². The smallest absolute Gasteiger partial charge is 0.212 e. The van der Waals surface area contributed by atoms with Crippen LogP contribution in [0, 0.1) is 0 Å². The van der Waals surface area contributed by atoms with Crippen molar-refractivity contribution in [1.29, 1.82) is 0 Å². The molecule has 1 aromatic heterocycles. The Bertz CT molecular complexity index is 2560. The van der Waals surface area contributed by atoms with Crippen LogP contribution in [0.3, 0.4) is 0 Å². The predicted molar refractivity (Wildman–Crippen MR) is 228 cm³/mol. The number of hydrogen-bond acceptors (Lipinski definition) is 8. The molecule has 1 aliphatic heterocycles. The molecule has 0 unspecified atom stereocenters. The average molecular weight is 803 g/mol. The highest BCUT2D eigenvalue weighted by molar-refractivity contribution is 7.85. The number of para-hydroxylation sites is 4. The molecule has 7 rings (SSSR count). The van der Waals surface area contributed by atoms with Crippen molar-refractivity contribution in [2.75, 3.05) is 27.9 Å². The quantitative estimate of drug-likeness (QED) is 0.0863. The molecule has 1 aliphatic carbocycles. The topological polar surface area (TPSA) is 161 Å². The maximum absolute atomic E-state index is 11.5. The second-order valence-corrected chi connectivity index (χ2v) is 16.8. The molecule has 4 aromatic carbocycles. The third-order valence-corrected chi connectivity index (χ3v) is 11.5. The monoisotopic (exact) mass is 802 g/mol. The molecular weight excluding hydrogens is 757 g/mol. The minimum Gasteiger partial charge on any atom is -0.748 e. The van der Waals surface area contributed by atoms with Crippen molar-refractivity contribution in [1.82, 2.24) is 6.15 Å². The molecule has 0 bridgehead atoms. The molecule has 4 N–H and O–H groups in total. The van der Waals surface area contributed by atoms with Crippen LogP contribution in [0.25, 0.3) is 23.1 Å². The molecular formula is C45H46N4O6S2. The predicted octanol–water partition coefficient (Wildman–Crippen LogP) is 8.62. The highest BCUT2D eigenvalue weighted by atomic mass is 32.2. The molecule has 294 valence electrons. The number of fused-ring (bicyclic) bond motifs is 2. The molecule has 0 spiro atoms. The number of aromatic nitrogens is 1. The first kappa shape index (κ1) is 41.0. The zero-order valence-corrected chi connectivity index (χ0v) is 33.4. The van der Waals surface area contributed by atoms with Crippen LogP contribution in [0.1, 0.15) is 36.9 Å². The van der Waals surface area contributed by atoms with Gasteiger partial charge in [-0.2, -0.15) is 4.57 Å². The van der Waals surface area contributed by atoms with Crippen molar-refractivity contribution in [3.8, 4) is 0 Å². The van der Waals surface area contributed by atoms with Gasteiger partial charge in [-0.05, 0) is 90.6 Å². The number of pyridine rings is 1. The first-order valence-electron chi connectivity index (χ1n) is 18.6. The molecule has 0 saturated heterocycles. The summed E-state index contributed by atoms with van der Waals surface area (Å²) in [5, 5.41) is 1.01. The Labute approximate surface area is 335 Å². The summed E-state index contributed by atoms with van der Waals surface area (Å²) in [6, 6.07) is 40.3. The Kier molecular flexibility index (Phi) is 13.0. The van der Waals surface area contributed by atoms with Crippen LogP contribution in [-0.2, 0) is 26.8 Å². The number of anilines is 3. The third-order valence-electron chi connectivity index (χ3n) is 9.93. The minimum atomic E-state index is -4.35. The number of benzene rings is 4. The Morgan fingerprint density at radius 2 is 1.30 bits per heavy atom. The van der Waals surface area contributed by atoms with Gasteiger partial charge in [-0.15, -0.1) is 0 Å². The summed E-state index contributed by atoms with van der Waals surface area (Å²) in [5.74, 6) is -0.880. The van der Waals surface area contributed by atoms with E-state index in [9.17, 15) is 25.9 Å². The van der Waals surface area contributed by atoms with Gasteiger partial charge in [0.1, 0.15) is 0 Å². The van der Waals surface area contributed by atoms with Crippen LogP contribution in [0.4, 0.5) is 17.1 Å². The first-order chi connectivity index (χ1) is 27.0. The van der Waals surface area contributed by atoms with E-state index in [2.05, 4.69) is 62.9 Å². The molecule has 10 nitrogen and oxygen atoms in total. The van der Waals surface area contributed by atoms with E-state index in [1.165, 1.54) is 0 Å². The maximum atomic E-state index is 11.5. The van der Waals surface area contributed by atoms with Crippen LogP contribution >= 0.6 is 0 Å². The van der Waals surface area contributed by atoms with Gasteiger partial charge in [-0.1, -0.05) is 85.0 Å². The Balaban J connectivity index is 0.00000549. The molecule has 5 aromatic rings. The largest absolute Gasteiger partial charge is 0.748 e. The van der Waals surface area contributed by atoms with Gasteiger partial charge < -0.3 is 25.1 Å². The van der Waals surface area contributed by atoms with E-state index >= 15 is 0 Å². The fraction of sp³-hybridized carbons (Fsp3) is 0.178. The van der Waals surface area contributed by atoms with Crippen molar-refractivity contribution in [3.05, 3.63) is 179 Å². The number of hydrogen-bond donors (Lipinski definition) is 1. The number of aryl methyl sites for hydroxylation is 1. The summed E-state index contributed by atoms with van der Waals surface area (Å²) in [7, 11) is -8.71. The summed E-state index contributed by atoms with van der Waals surface area (Å²) < 4.78 is 71.1. The fourth-order valence-electron chi connectivity index (χ4n) is 7.40. The molecule has 0 amide bonds. The lowest BCUT2D eigenvalue weighted by molar-refractivity contribution is -0.673. The van der Waals surface area contributed by atoms with Crippen LogP contribution in [-0.4, -0.2) is 44.0 Å². The maximum Gasteiger partial charge on any atom is 0.212 e. The lowest BCUT2D eigenvalue weighted by atomic mass is 10.0. The van der Waals surface area contributed by atoms with Crippen LogP contribution in [0.2, 0.25) is 0 Å². The molecule has 0 atom stereocenters. The standard InChI is InChI=1S/C45H43N3O6S2.H3N/c49-55(50,51)33-11-31-46-39(27-23-35-13-7-9-19-43(35)46)29-25-37-21-22-38(45(37)48(41-15-3-1-4-16-41)42-17-5-2-6-18-42)26-30-40-28-24-36-14-8-10-20-44(36)47(40)32-12-34-56(52,53)54;/h1-10,13-20,23-30H,11-12,21-22,31-34H2,(H-,49,50,51,52,53,54);1H3. The lowest BCUT2D eigenvalue weighted by Crippen LogP contribution is -2.38. The van der Waals surface area contributed by atoms with Gasteiger partial charge in [0.25, 0.3) is 0 Å². The Morgan fingerprint density at radius 3 is 2.00 bits per heavy atom. The normalized spacial score (nSPS) is 15.8. The van der Waals surface area contributed by atoms with E-state index in [0.717, 1.165) is 74.6 Å². The minimum absolute atomic E-state index is 0. The van der Waals surface area contributed by atoms with Gasteiger partial charge in [-0.3, -0.25) is 0 Å². The first-order valence-corrected chi connectivity index (χ1v) is 21.8. The fourth-order valence-corrected chi connectivity index (χ4v) is 8.37. The van der Waals surface area contributed by atoms with E-state index in [0.29, 0.717) is 13.1 Å².